The van der Waals surface area contributed by atoms with Gasteiger partial charge in [0.2, 0.25) is 0 Å². The van der Waals surface area contributed by atoms with Gasteiger partial charge >= 0.3 is 6.03 Å². The third-order valence-electron chi connectivity index (χ3n) is 4.65. The molecular formula is C20H23FN3O2+. The van der Waals surface area contributed by atoms with E-state index >= 15 is 0 Å². The molecule has 6 heteroatoms. The SMILES string of the molecule is CNC(=O)NC(=O)[C@@H](c1ccccc1)[NH+](Cc1ccc(F)cc1)C1CC1. The van der Waals surface area contributed by atoms with E-state index in [2.05, 4.69) is 10.6 Å². The van der Waals surface area contributed by atoms with Gasteiger partial charge in [0.25, 0.3) is 5.91 Å². The lowest BCUT2D eigenvalue weighted by atomic mass is 10.0. The summed E-state index contributed by atoms with van der Waals surface area (Å²) in [6, 6.07) is 15.2. The molecule has 1 aliphatic carbocycles. The highest BCUT2D eigenvalue weighted by atomic mass is 19.1. The van der Waals surface area contributed by atoms with E-state index in [-0.39, 0.29) is 11.7 Å². The summed E-state index contributed by atoms with van der Waals surface area (Å²) in [5, 5.41) is 4.84. The fourth-order valence-electron chi connectivity index (χ4n) is 3.20. The first kappa shape index (κ1) is 18.1. The lowest BCUT2D eigenvalue weighted by Crippen LogP contribution is -3.13. The van der Waals surface area contributed by atoms with Gasteiger partial charge in [0.15, 0.2) is 6.04 Å². The van der Waals surface area contributed by atoms with E-state index in [1.54, 1.807) is 12.1 Å². The van der Waals surface area contributed by atoms with E-state index in [4.69, 9.17) is 0 Å². The number of nitrogens with one attached hydrogen (secondary N) is 3. The molecule has 3 amide bonds. The summed E-state index contributed by atoms with van der Waals surface area (Å²) >= 11 is 0. The predicted molar refractivity (Wildman–Crippen MR) is 95.9 cm³/mol. The molecule has 1 unspecified atom stereocenters. The van der Waals surface area contributed by atoms with Gasteiger partial charge in [-0.1, -0.05) is 42.5 Å². The van der Waals surface area contributed by atoms with Crippen LogP contribution in [0.25, 0.3) is 0 Å². The Kier molecular flexibility index (Phi) is 5.63. The topological polar surface area (TPSA) is 62.6 Å². The normalized spacial score (nSPS) is 15.8. The van der Waals surface area contributed by atoms with Crippen molar-refractivity contribution >= 4 is 11.9 Å². The van der Waals surface area contributed by atoms with Crippen molar-refractivity contribution in [3.05, 3.63) is 71.5 Å². The Labute approximate surface area is 152 Å². The highest BCUT2D eigenvalue weighted by molar-refractivity contribution is 5.96. The van der Waals surface area contributed by atoms with Gasteiger partial charge in [0.1, 0.15) is 12.4 Å². The van der Waals surface area contributed by atoms with E-state index in [1.165, 1.54) is 19.2 Å². The number of imide groups is 1. The number of quaternary nitrogens is 1. The zero-order valence-corrected chi connectivity index (χ0v) is 14.7. The minimum Gasteiger partial charge on any atom is -0.341 e. The van der Waals surface area contributed by atoms with Gasteiger partial charge in [-0.25, -0.2) is 9.18 Å². The summed E-state index contributed by atoms with van der Waals surface area (Å²) in [6.45, 7) is 0.589. The van der Waals surface area contributed by atoms with E-state index in [0.29, 0.717) is 12.6 Å². The van der Waals surface area contributed by atoms with E-state index < -0.39 is 12.1 Å². The molecule has 2 aromatic rings. The number of carbonyl (C=O) groups is 2. The number of hydrogen-bond acceptors (Lipinski definition) is 2. The van der Waals surface area contributed by atoms with Crippen LogP contribution in [0.4, 0.5) is 9.18 Å². The molecule has 5 nitrogen and oxygen atoms in total. The molecule has 136 valence electrons. The molecule has 0 aliphatic heterocycles. The number of hydrogen-bond donors (Lipinski definition) is 3. The molecule has 2 aromatic carbocycles. The second-order valence-electron chi connectivity index (χ2n) is 6.56. The number of urea groups is 1. The Morgan fingerprint density at radius 2 is 1.77 bits per heavy atom. The molecule has 3 N–H and O–H groups in total. The lowest BCUT2D eigenvalue weighted by Gasteiger charge is -2.28. The Balaban J connectivity index is 1.90. The van der Waals surface area contributed by atoms with Crippen molar-refractivity contribution < 1.29 is 18.9 Å². The van der Waals surface area contributed by atoms with Gasteiger partial charge in [-0.3, -0.25) is 10.1 Å². The molecular weight excluding hydrogens is 333 g/mol. The molecule has 0 heterocycles. The molecule has 0 aromatic heterocycles. The van der Waals surface area contributed by atoms with Crippen LogP contribution in [0.3, 0.4) is 0 Å². The fraction of sp³-hybridized carbons (Fsp3) is 0.300. The summed E-state index contributed by atoms with van der Waals surface area (Å²) in [6.07, 6.45) is 2.07. The predicted octanol–water partition coefficient (Wildman–Crippen LogP) is 1.57. The molecule has 0 saturated heterocycles. The Morgan fingerprint density at radius 1 is 1.12 bits per heavy atom. The highest BCUT2D eigenvalue weighted by Gasteiger charge is 2.42. The van der Waals surface area contributed by atoms with Crippen LogP contribution in [-0.2, 0) is 11.3 Å². The van der Waals surface area contributed by atoms with Crippen molar-refractivity contribution in [2.75, 3.05) is 7.05 Å². The van der Waals surface area contributed by atoms with Crippen molar-refractivity contribution in [1.82, 2.24) is 10.6 Å². The zero-order valence-electron chi connectivity index (χ0n) is 14.7. The quantitative estimate of drug-likeness (QED) is 0.736. The van der Waals surface area contributed by atoms with Crippen molar-refractivity contribution in [1.29, 1.82) is 0 Å². The lowest BCUT2D eigenvalue weighted by molar-refractivity contribution is -0.946. The number of amides is 3. The molecule has 0 spiro atoms. The maximum atomic E-state index is 13.2. The van der Waals surface area contributed by atoms with Gasteiger partial charge in [-0.2, -0.15) is 0 Å². The molecule has 1 saturated carbocycles. The third kappa shape index (κ3) is 4.46. The van der Waals surface area contributed by atoms with Crippen LogP contribution in [0, 0.1) is 5.82 Å². The maximum Gasteiger partial charge on any atom is 0.321 e. The summed E-state index contributed by atoms with van der Waals surface area (Å²) in [5.41, 5.74) is 1.82. The molecule has 1 aliphatic rings. The molecule has 0 radical (unpaired) electrons. The average Bonchev–Trinajstić information content (AvgIpc) is 3.48. The van der Waals surface area contributed by atoms with E-state index in [0.717, 1.165) is 28.9 Å². The van der Waals surface area contributed by atoms with E-state index in [1.807, 2.05) is 30.3 Å². The summed E-state index contributed by atoms with van der Waals surface area (Å²) in [7, 11) is 1.48. The monoisotopic (exact) mass is 356 g/mol. The second-order valence-corrected chi connectivity index (χ2v) is 6.56. The standard InChI is InChI=1S/C20H22FN3O2/c1-22-20(26)23-19(25)18(15-5-3-2-4-6-15)24(17-11-12-17)13-14-7-9-16(21)10-8-14/h2-10,17-18H,11-13H2,1H3,(H2,22,23,25,26)/p+1/t18-/m1/s1. The van der Waals surface area contributed by atoms with Crippen molar-refractivity contribution in [3.63, 3.8) is 0 Å². The van der Waals surface area contributed by atoms with Gasteiger partial charge in [0.05, 0.1) is 6.04 Å². The number of carbonyl (C=O) groups excluding carboxylic acids is 2. The van der Waals surface area contributed by atoms with E-state index in [9.17, 15) is 14.0 Å². The molecule has 26 heavy (non-hydrogen) atoms. The number of halogens is 1. The zero-order chi connectivity index (χ0) is 18.5. The van der Waals surface area contributed by atoms with Crippen molar-refractivity contribution in [2.24, 2.45) is 0 Å². The summed E-state index contributed by atoms with van der Waals surface area (Å²) in [4.78, 5) is 25.6. The average molecular weight is 356 g/mol. The largest absolute Gasteiger partial charge is 0.341 e. The summed E-state index contributed by atoms with van der Waals surface area (Å²) in [5.74, 6) is -0.613. The van der Waals surface area contributed by atoms with Gasteiger partial charge in [0, 0.05) is 31.0 Å². The maximum absolute atomic E-state index is 13.2. The minimum absolute atomic E-state index is 0.279. The summed E-state index contributed by atoms with van der Waals surface area (Å²) < 4.78 is 13.2. The van der Waals surface area contributed by atoms with Crippen LogP contribution in [0.2, 0.25) is 0 Å². The number of rotatable bonds is 6. The van der Waals surface area contributed by atoms with Gasteiger partial charge in [-0.05, 0) is 12.1 Å². The first-order valence-corrected chi connectivity index (χ1v) is 8.76. The molecule has 3 rings (SSSR count). The molecule has 2 atom stereocenters. The van der Waals surface area contributed by atoms with Crippen molar-refractivity contribution in [2.45, 2.75) is 31.5 Å². The van der Waals surface area contributed by atoms with Crippen LogP contribution < -0.4 is 15.5 Å². The molecule has 0 bridgehead atoms. The number of benzene rings is 2. The minimum atomic E-state index is -0.520. The highest BCUT2D eigenvalue weighted by Crippen LogP contribution is 2.21. The van der Waals surface area contributed by atoms with Crippen LogP contribution in [-0.4, -0.2) is 25.0 Å². The van der Waals surface area contributed by atoms with Crippen LogP contribution >= 0.6 is 0 Å². The van der Waals surface area contributed by atoms with Crippen LogP contribution in [0.5, 0.6) is 0 Å². The first-order chi connectivity index (χ1) is 12.6. The van der Waals surface area contributed by atoms with Gasteiger partial charge < -0.3 is 10.2 Å². The third-order valence-corrected chi connectivity index (χ3v) is 4.65. The van der Waals surface area contributed by atoms with Crippen LogP contribution in [0.15, 0.2) is 54.6 Å². The Bertz CT molecular complexity index is 760. The Hall–Kier alpha value is -2.73. The van der Waals surface area contributed by atoms with Gasteiger partial charge in [-0.15, -0.1) is 0 Å². The smallest absolute Gasteiger partial charge is 0.321 e. The Morgan fingerprint density at radius 3 is 2.35 bits per heavy atom. The first-order valence-electron chi connectivity index (χ1n) is 8.76. The molecule has 1 fully saturated rings. The van der Waals surface area contributed by atoms with Crippen LogP contribution in [0.1, 0.15) is 30.0 Å². The second kappa shape index (κ2) is 8.10. The van der Waals surface area contributed by atoms with Crippen molar-refractivity contribution in [3.8, 4) is 0 Å². The fourth-order valence-corrected chi connectivity index (χ4v) is 3.20.